The van der Waals surface area contributed by atoms with Crippen molar-refractivity contribution in [3.05, 3.63) is 47.5 Å². The first-order chi connectivity index (χ1) is 14.0. The Morgan fingerprint density at radius 2 is 1.79 bits per heavy atom. The number of piperazine rings is 1. The van der Waals surface area contributed by atoms with E-state index < -0.39 is 10.0 Å². The number of benzene rings is 2. The van der Waals surface area contributed by atoms with Crippen LogP contribution in [0, 0.1) is 0 Å². The fraction of sp³-hybridized carbons (Fsp3) is 0.429. The van der Waals surface area contributed by atoms with Crippen molar-refractivity contribution in [3.63, 3.8) is 0 Å². The largest absolute Gasteiger partial charge is 0.497 e. The lowest BCUT2D eigenvalue weighted by molar-refractivity contribution is 0.180. The van der Waals surface area contributed by atoms with Crippen LogP contribution in [0.3, 0.4) is 0 Å². The zero-order valence-electron chi connectivity index (χ0n) is 16.8. The van der Waals surface area contributed by atoms with Crippen molar-refractivity contribution in [1.82, 2.24) is 9.21 Å². The third-order valence-corrected chi connectivity index (χ3v) is 7.41. The Morgan fingerprint density at radius 1 is 1.00 bits per heavy atom. The molecule has 2 aromatic carbocycles. The predicted molar refractivity (Wildman–Crippen MR) is 109 cm³/mol. The maximum absolute atomic E-state index is 13.1. The molecule has 0 aromatic heterocycles. The summed E-state index contributed by atoms with van der Waals surface area (Å²) >= 11 is 0. The summed E-state index contributed by atoms with van der Waals surface area (Å²) < 4.78 is 44.0. The zero-order chi connectivity index (χ0) is 20.4. The number of hydrogen-bond donors (Lipinski definition) is 0. The molecule has 1 saturated heterocycles. The summed E-state index contributed by atoms with van der Waals surface area (Å²) in [5, 5.41) is 0. The van der Waals surface area contributed by atoms with Crippen LogP contribution in [0.25, 0.3) is 0 Å². The van der Waals surface area contributed by atoms with Crippen molar-refractivity contribution < 1.29 is 22.6 Å². The van der Waals surface area contributed by atoms with Crippen LogP contribution in [0.15, 0.2) is 41.3 Å². The summed E-state index contributed by atoms with van der Waals surface area (Å²) in [6.45, 7) is 3.54. The van der Waals surface area contributed by atoms with E-state index in [2.05, 4.69) is 4.90 Å². The minimum atomic E-state index is -3.50. The lowest BCUT2D eigenvalue weighted by atomic mass is 10.1. The smallest absolute Gasteiger partial charge is 0.243 e. The highest BCUT2D eigenvalue weighted by molar-refractivity contribution is 7.89. The predicted octanol–water partition coefficient (Wildman–Crippen LogP) is 2.15. The third kappa shape index (κ3) is 4.05. The van der Waals surface area contributed by atoms with E-state index in [1.165, 1.54) is 0 Å². The van der Waals surface area contributed by atoms with Crippen molar-refractivity contribution >= 4 is 10.0 Å². The quantitative estimate of drug-likeness (QED) is 0.716. The van der Waals surface area contributed by atoms with Gasteiger partial charge in [0.25, 0.3) is 0 Å². The highest BCUT2D eigenvalue weighted by Crippen LogP contribution is 2.30. The molecule has 2 heterocycles. The standard InChI is InChI=1S/C21H26N2O5S/c1-26-18-3-5-20(27-2)17(13-18)15-22-8-10-23(11-9-22)29(24,25)19-4-6-21-16(14-19)7-12-28-21/h3-6,13-14H,7-12,15H2,1-2H3. The van der Waals surface area contributed by atoms with Crippen LogP contribution in [0.4, 0.5) is 0 Å². The van der Waals surface area contributed by atoms with E-state index in [9.17, 15) is 8.42 Å². The second kappa shape index (κ2) is 8.22. The molecule has 7 nitrogen and oxygen atoms in total. The average molecular weight is 419 g/mol. The SMILES string of the molecule is COc1ccc(OC)c(CN2CCN(S(=O)(=O)c3ccc4c(c3)CCO4)CC2)c1. The van der Waals surface area contributed by atoms with Gasteiger partial charge >= 0.3 is 0 Å². The van der Waals surface area contributed by atoms with Crippen molar-refractivity contribution in [1.29, 1.82) is 0 Å². The first-order valence-corrected chi connectivity index (χ1v) is 11.1. The van der Waals surface area contributed by atoms with Gasteiger partial charge in [-0.25, -0.2) is 8.42 Å². The molecule has 4 rings (SSSR count). The number of sulfonamides is 1. The monoisotopic (exact) mass is 418 g/mol. The molecule has 0 bridgehead atoms. The number of methoxy groups -OCH3 is 2. The molecule has 2 aliphatic rings. The van der Waals surface area contributed by atoms with E-state index in [0.717, 1.165) is 34.8 Å². The van der Waals surface area contributed by atoms with E-state index >= 15 is 0 Å². The molecule has 0 N–H and O–H groups in total. The number of rotatable bonds is 6. The molecule has 0 radical (unpaired) electrons. The van der Waals surface area contributed by atoms with Crippen molar-refractivity contribution in [2.24, 2.45) is 0 Å². The minimum absolute atomic E-state index is 0.352. The number of hydrogen-bond acceptors (Lipinski definition) is 6. The van der Waals surface area contributed by atoms with Crippen LogP contribution in [-0.2, 0) is 23.0 Å². The lowest BCUT2D eigenvalue weighted by Crippen LogP contribution is -2.48. The number of ether oxygens (including phenoxy) is 3. The van der Waals surface area contributed by atoms with Gasteiger partial charge in [0, 0.05) is 44.7 Å². The van der Waals surface area contributed by atoms with Crippen LogP contribution in [-0.4, -0.2) is 64.6 Å². The van der Waals surface area contributed by atoms with Crippen LogP contribution in [0.1, 0.15) is 11.1 Å². The van der Waals surface area contributed by atoms with Gasteiger partial charge in [-0.3, -0.25) is 4.90 Å². The topological polar surface area (TPSA) is 68.3 Å². The van der Waals surface area contributed by atoms with Gasteiger partial charge < -0.3 is 14.2 Å². The molecule has 0 amide bonds. The highest BCUT2D eigenvalue weighted by atomic mass is 32.2. The molecule has 2 aliphatic heterocycles. The molecule has 29 heavy (non-hydrogen) atoms. The first-order valence-electron chi connectivity index (χ1n) is 9.70. The van der Waals surface area contributed by atoms with Gasteiger partial charge in [-0.1, -0.05) is 0 Å². The van der Waals surface area contributed by atoms with Gasteiger partial charge in [0.1, 0.15) is 17.2 Å². The molecule has 0 aliphatic carbocycles. The summed E-state index contributed by atoms with van der Waals surface area (Å²) in [5.74, 6) is 2.38. The summed E-state index contributed by atoms with van der Waals surface area (Å²) in [6, 6.07) is 10.9. The summed E-state index contributed by atoms with van der Waals surface area (Å²) in [7, 11) is -0.207. The van der Waals surface area contributed by atoms with Gasteiger partial charge in [-0.05, 0) is 42.0 Å². The van der Waals surface area contributed by atoms with Crippen molar-refractivity contribution in [2.75, 3.05) is 47.0 Å². The number of fused-ring (bicyclic) bond motifs is 1. The lowest BCUT2D eigenvalue weighted by Gasteiger charge is -2.34. The van der Waals surface area contributed by atoms with Gasteiger partial charge in [-0.2, -0.15) is 4.31 Å². The Labute approximate surface area is 171 Å². The van der Waals surface area contributed by atoms with Crippen LogP contribution in [0.2, 0.25) is 0 Å². The Balaban J connectivity index is 1.43. The minimum Gasteiger partial charge on any atom is -0.497 e. The normalized spacial score (nSPS) is 17.6. The van der Waals surface area contributed by atoms with E-state index in [1.54, 1.807) is 36.7 Å². The summed E-state index contributed by atoms with van der Waals surface area (Å²) in [6.07, 6.45) is 0.759. The Bertz CT molecular complexity index is 985. The maximum atomic E-state index is 13.1. The Morgan fingerprint density at radius 3 is 2.52 bits per heavy atom. The highest BCUT2D eigenvalue weighted by Gasteiger charge is 2.30. The molecule has 0 unspecified atom stereocenters. The van der Waals surface area contributed by atoms with Crippen LogP contribution >= 0.6 is 0 Å². The van der Waals surface area contributed by atoms with Crippen LogP contribution < -0.4 is 14.2 Å². The average Bonchev–Trinajstić information content (AvgIpc) is 3.22. The van der Waals surface area contributed by atoms with Gasteiger partial charge in [-0.15, -0.1) is 0 Å². The zero-order valence-corrected chi connectivity index (χ0v) is 17.6. The van der Waals surface area contributed by atoms with E-state index in [-0.39, 0.29) is 0 Å². The molecule has 0 spiro atoms. The van der Waals surface area contributed by atoms with Crippen molar-refractivity contribution in [3.8, 4) is 17.2 Å². The molecular formula is C21H26N2O5S. The van der Waals surface area contributed by atoms with Gasteiger partial charge in [0.2, 0.25) is 10.0 Å². The van der Waals surface area contributed by atoms with Gasteiger partial charge in [0.15, 0.2) is 0 Å². The Kier molecular flexibility index (Phi) is 5.67. The van der Waals surface area contributed by atoms with E-state index in [0.29, 0.717) is 44.2 Å². The fourth-order valence-corrected chi connectivity index (χ4v) is 5.32. The molecule has 1 fully saturated rings. The maximum Gasteiger partial charge on any atom is 0.243 e. The molecule has 0 saturated carbocycles. The van der Waals surface area contributed by atoms with Crippen molar-refractivity contribution in [2.45, 2.75) is 17.9 Å². The molecule has 156 valence electrons. The van der Waals surface area contributed by atoms with E-state index in [1.807, 2.05) is 18.2 Å². The van der Waals surface area contributed by atoms with Gasteiger partial charge in [0.05, 0.1) is 25.7 Å². The molecule has 0 atom stereocenters. The third-order valence-electron chi connectivity index (χ3n) is 5.51. The fourth-order valence-electron chi connectivity index (χ4n) is 3.85. The molecule has 8 heteroatoms. The first kappa shape index (κ1) is 20.0. The summed E-state index contributed by atoms with van der Waals surface area (Å²) in [5.41, 5.74) is 2.00. The van der Waals surface area contributed by atoms with Crippen LogP contribution in [0.5, 0.6) is 17.2 Å². The molecular weight excluding hydrogens is 392 g/mol. The van der Waals surface area contributed by atoms with E-state index in [4.69, 9.17) is 14.2 Å². The second-order valence-electron chi connectivity index (χ2n) is 7.23. The molecule has 2 aromatic rings. The number of nitrogens with zero attached hydrogens (tertiary/aromatic N) is 2. The second-order valence-corrected chi connectivity index (χ2v) is 9.16. The Hall–Kier alpha value is -2.29. The summed E-state index contributed by atoms with van der Waals surface area (Å²) in [4.78, 5) is 2.59.